The maximum Gasteiger partial charge on any atom is 0.469 e. The summed E-state index contributed by atoms with van der Waals surface area (Å²) in [7, 11) is -4.75. The second kappa shape index (κ2) is 5.89. The van der Waals surface area contributed by atoms with Crippen molar-refractivity contribution in [1.29, 1.82) is 0 Å². The Morgan fingerprint density at radius 1 is 1.42 bits per heavy atom. The van der Waals surface area contributed by atoms with E-state index in [0.29, 0.717) is 4.73 Å². The van der Waals surface area contributed by atoms with Gasteiger partial charge in [-0.1, -0.05) is 4.98 Å². The molecule has 2 unspecified atom stereocenters. The molecule has 2 aromatic heterocycles. The smallest absolute Gasteiger partial charge is 0.469 e. The van der Waals surface area contributed by atoms with Gasteiger partial charge in [-0.05, 0) is 0 Å². The number of nitrogens with zero attached hydrogens (tertiary/aromatic N) is 4. The topological polar surface area (TPSA) is 200 Å². The Hall–Kier alpha value is -1.86. The highest BCUT2D eigenvalue weighted by atomic mass is 31.2. The Bertz CT molecular complexity index is 808. The second-order valence-corrected chi connectivity index (χ2v) is 6.35. The summed E-state index contributed by atoms with van der Waals surface area (Å²) >= 11 is 0. The summed E-state index contributed by atoms with van der Waals surface area (Å²) in [5, 5.41) is 31.4. The van der Waals surface area contributed by atoms with E-state index in [-0.39, 0.29) is 17.0 Å². The van der Waals surface area contributed by atoms with Crippen LogP contribution >= 0.6 is 7.82 Å². The van der Waals surface area contributed by atoms with Crippen molar-refractivity contribution < 1.29 is 38.6 Å². The molecule has 1 fully saturated rings. The molecule has 0 saturated carbocycles. The number of aromatic nitrogens is 4. The molecule has 1 aliphatic heterocycles. The summed E-state index contributed by atoms with van der Waals surface area (Å²) in [5.41, 5.74) is 5.80. The minimum atomic E-state index is -4.75. The van der Waals surface area contributed by atoms with Crippen LogP contribution in [0.4, 0.5) is 5.82 Å². The zero-order valence-corrected chi connectivity index (χ0v) is 12.8. The van der Waals surface area contributed by atoms with E-state index in [1.54, 1.807) is 0 Å². The van der Waals surface area contributed by atoms with Crippen LogP contribution < -0.4 is 10.5 Å². The summed E-state index contributed by atoms with van der Waals surface area (Å²) in [6.07, 6.45) is -3.16. The number of nitrogen functional groups attached to an aromatic ring is 1. The van der Waals surface area contributed by atoms with Crippen LogP contribution in [-0.2, 0) is 13.8 Å². The van der Waals surface area contributed by atoms with Gasteiger partial charge in [-0.25, -0.2) is 14.3 Å². The van der Waals surface area contributed by atoms with Crippen molar-refractivity contribution in [3.8, 4) is 0 Å². The molecule has 0 aliphatic carbocycles. The summed E-state index contributed by atoms with van der Waals surface area (Å²) < 4.78 is 22.0. The van der Waals surface area contributed by atoms with E-state index in [0.717, 1.165) is 6.33 Å². The first-order chi connectivity index (χ1) is 11.2. The molecule has 24 heavy (non-hydrogen) atoms. The molecule has 3 rings (SSSR count). The fourth-order valence-corrected chi connectivity index (χ4v) is 2.73. The molecule has 3 heterocycles. The van der Waals surface area contributed by atoms with Gasteiger partial charge >= 0.3 is 7.82 Å². The van der Waals surface area contributed by atoms with Crippen LogP contribution in [-0.4, -0.2) is 59.5 Å². The van der Waals surface area contributed by atoms with Crippen molar-refractivity contribution >= 4 is 24.8 Å². The van der Waals surface area contributed by atoms with Gasteiger partial charge in [-0.2, -0.15) is 0 Å². The lowest BCUT2D eigenvalue weighted by Gasteiger charge is -2.15. The number of aliphatic hydroxyl groups excluding tert-OH is 2. The quantitative estimate of drug-likeness (QED) is 0.216. The van der Waals surface area contributed by atoms with Gasteiger partial charge in [0.1, 0.15) is 24.6 Å². The van der Waals surface area contributed by atoms with Crippen LogP contribution in [0.3, 0.4) is 0 Å². The zero-order valence-electron chi connectivity index (χ0n) is 11.9. The highest BCUT2D eigenvalue weighted by molar-refractivity contribution is 7.46. The van der Waals surface area contributed by atoms with Crippen molar-refractivity contribution in [3.63, 3.8) is 0 Å². The largest absolute Gasteiger partial charge is 0.740 e. The zero-order chi connectivity index (χ0) is 17.6. The van der Waals surface area contributed by atoms with Gasteiger partial charge in [0.15, 0.2) is 11.7 Å². The summed E-state index contributed by atoms with van der Waals surface area (Å²) in [6.45, 7) is -0.637. The van der Waals surface area contributed by atoms with E-state index in [9.17, 15) is 20.0 Å². The highest BCUT2D eigenvalue weighted by Gasteiger charge is 2.45. The minimum Gasteiger partial charge on any atom is -0.740 e. The van der Waals surface area contributed by atoms with E-state index in [4.69, 9.17) is 20.3 Å². The van der Waals surface area contributed by atoms with Crippen molar-refractivity contribution in [1.82, 2.24) is 14.5 Å². The van der Waals surface area contributed by atoms with E-state index in [2.05, 4.69) is 14.5 Å². The van der Waals surface area contributed by atoms with Crippen LogP contribution in [0.15, 0.2) is 12.7 Å². The predicted molar refractivity (Wildman–Crippen MR) is 74.8 cm³/mol. The highest BCUT2D eigenvalue weighted by Crippen LogP contribution is 2.38. The second-order valence-electron chi connectivity index (χ2n) is 5.11. The average Bonchev–Trinajstić information content (AvgIpc) is 3.04. The molecule has 4 atom stereocenters. The number of fused-ring (bicyclic) bond motifs is 1. The molecule has 0 radical (unpaired) electrons. The van der Waals surface area contributed by atoms with Gasteiger partial charge < -0.3 is 35.7 Å². The monoisotopic (exact) mass is 363 g/mol. The number of hydrogen-bond acceptors (Lipinski definition) is 9. The van der Waals surface area contributed by atoms with Gasteiger partial charge in [-0.3, -0.25) is 9.09 Å². The molecule has 1 aliphatic rings. The fraction of sp³-hybridized carbons (Fsp3) is 0.500. The lowest BCUT2D eigenvalue weighted by atomic mass is 10.1. The molecule has 0 aromatic carbocycles. The number of anilines is 1. The van der Waals surface area contributed by atoms with Crippen LogP contribution in [0, 0.1) is 5.21 Å². The first-order valence-corrected chi connectivity index (χ1v) is 8.14. The van der Waals surface area contributed by atoms with Gasteiger partial charge in [-0.15, -0.1) is 0 Å². The Balaban J connectivity index is 1.88. The predicted octanol–water partition coefficient (Wildman–Crippen LogP) is -2.62. The molecule has 2 aromatic rings. The standard InChI is InChI=1S/C10H14N5O8P/c11-8-5-9(13-3-15(8)18)14(2-12-5)10-7(17)6(16)4(23-10)1-22-24(19,20)21/h2-4,6-7,10,16-17H,1,11H2,(H2,19,20,21)/t4?,6-,7?,10-/m1/s1. The van der Waals surface area contributed by atoms with Crippen LogP contribution in [0.1, 0.15) is 6.23 Å². The number of aliphatic hydroxyl groups is 2. The lowest BCUT2D eigenvalue weighted by Crippen LogP contribution is -2.33. The first-order valence-electron chi connectivity index (χ1n) is 6.61. The Labute approximate surface area is 133 Å². The maximum absolute atomic E-state index is 11.4. The van der Waals surface area contributed by atoms with Crippen molar-refractivity contribution in [2.24, 2.45) is 0 Å². The lowest BCUT2D eigenvalue weighted by molar-refractivity contribution is -0.592. The number of hydrogen-bond donors (Lipinski definition) is 5. The average molecular weight is 363 g/mol. The molecule has 0 spiro atoms. The van der Waals surface area contributed by atoms with E-state index in [1.165, 1.54) is 10.9 Å². The molecular formula is C10H14N5O8P. The van der Waals surface area contributed by atoms with Gasteiger partial charge in [0.05, 0.1) is 6.61 Å². The number of imidazole rings is 1. The normalized spacial score (nSPS) is 27.8. The minimum absolute atomic E-state index is 0.0766. The molecule has 1 saturated heterocycles. The first kappa shape index (κ1) is 17.0. The van der Waals surface area contributed by atoms with Crippen molar-refractivity contribution in [3.05, 3.63) is 17.9 Å². The molecular weight excluding hydrogens is 349 g/mol. The third kappa shape index (κ3) is 2.93. The van der Waals surface area contributed by atoms with Crippen LogP contribution in [0.5, 0.6) is 0 Å². The summed E-state index contributed by atoms with van der Waals surface area (Å²) in [6, 6.07) is 0. The Kier molecular flexibility index (Phi) is 4.17. The molecule has 14 heteroatoms. The van der Waals surface area contributed by atoms with Crippen molar-refractivity contribution in [2.45, 2.75) is 24.5 Å². The van der Waals surface area contributed by atoms with Gasteiger partial charge in [0, 0.05) is 0 Å². The summed E-state index contributed by atoms with van der Waals surface area (Å²) in [4.78, 5) is 25.2. The Morgan fingerprint density at radius 2 is 2.12 bits per heavy atom. The van der Waals surface area contributed by atoms with E-state index >= 15 is 0 Å². The summed E-state index contributed by atoms with van der Waals surface area (Å²) in [5.74, 6) is -0.201. The number of phosphoric acid groups is 1. The molecule has 0 amide bonds. The van der Waals surface area contributed by atoms with Gasteiger partial charge in [0.25, 0.3) is 5.82 Å². The molecule has 0 bridgehead atoms. The molecule has 13 nitrogen and oxygen atoms in total. The SMILES string of the molecule is Nc1c2ncn([C@@H]3OC(COP(=O)(O)O)[C@@H](O)C3O)c2nc[n+]1[O-]. The van der Waals surface area contributed by atoms with E-state index in [1.807, 2.05) is 0 Å². The van der Waals surface area contributed by atoms with Gasteiger partial charge in [0.2, 0.25) is 12.0 Å². The number of ether oxygens (including phenoxy) is 1. The van der Waals surface area contributed by atoms with E-state index < -0.39 is 39.0 Å². The van der Waals surface area contributed by atoms with Crippen LogP contribution in [0.25, 0.3) is 11.2 Å². The maximum atomic E-state index is 11.4. The van der Waals surface area contributed by atoms with Crippen LogP contribution in [0.2, 0.25) is 0 Å². The Morgan fingerprint density at radius 3 is 2.79 bits per heavy atom. The van der Waals surface area contributed by atoms with Crippen molar-refractivity contribution in [2.75, 3.05) is 12.3 Å². The molecule has 6 N–H and O–H groups in total. The number of nitrogens with two attached hydrogens (primary N) is 1. The third-order valence-corrected chi connectivity index (χ3v) is 4.04. The number of phosphoric ester groups is 1. The molecule has 132 valence electrons. The number of rotatable bonds is 4. The third-order valence-electron chi connectivity index (χ3n) is 3.55. The fourth-order valence-electron chi connectivity index (χ4n) is 2.39.